The number of benzene rings is 2. The number of nitrogens with zero attached hydrogens (tertiary/aromatic N) is 1. The minimum absolute atomic E-state index is 0.0848. The summed E-state index contributed by atoms with van der Waals surface area (Å²) in [6, 6.07) is 11.5. The monoisotopic (exact) mass is 399 g/mol. The van der Waals surface area contributed by atoms with Crippen molar-refractivity contribution in [3.8, 4) is 0 Å². The minimum atomic E-state index is -0.700. The van der Waals surface area contributed by atoms with Crippen molar-refractivity contribution in [1.82, 2.24) is 0 Å². The molecule has 0 heterocycles. The first-order chi connectivity index (χ1) is 13.7. The number of carbonyl (C=O) groups is 3. The van der Waals surface area contributed by atoms with Gasteiger partial charge in [-0.2, -0.15) is 0 Å². The lowest BCUT2D eigenvalue weighted by atomic mass is 10.2. The number of amides is 2. The standard InChI is InChI=1S/C20H21N3O6/c1-13-3-6-15(7-4-13)21-18(24)9-10-20(26)29-12-19(25)22-16-8-5-14(2)17(11-16)23(27)28/h3-8,11H,9-10,12H2,1-2H3,(H,21,24)(H,22,25). The highest BCUT2D eigenvalue weighted by atomic mass is 16.6. The van der Waals surface area contributed by atoms with Gasteiger partial charge in [-0.1, -0.05) is 23.8 Å². The SMILES string of the molecule is Cc1ccc(NC(=O)CCC(=O)OCC(=O)Nc2ccc(C)c([N+](=O)[O-])c2)cc1. The molecule has 0 aliphatic rings. The van der Waals surface area contributed by atoms with Gasteiger partial charge in [-0.05, 0) is 32.0 Å². The maximum absolute atomic E-state index is 11.9. The van der Waals surface area contributed by atoms with E-state index in [0.29, 0.717) is 11.3 Å². The number of nitrogens with one attached hydrogen (secondary N) is 2. The summed E-state index contributed by atoms with van der Waals surface area (Å²) in [5.74, 6) is -1.68. The van der Waals surface area contributed by atoms with E-state index in [1.54, 1.807) is 19.1 Å². The molecular formula is C20H21N3O6. The van der Waals surface area contributed by atoms with Crippen LogP contribution in [-0.4, -0.2) is 29.3 Å². The Kier molecular flexibility index (Phi) is 7.41. The number of ether oxygens (including phenoxy) is 1. The molecule has 0 saturated heterocycles. The molecule has 2 aromatic rings. The molecule has 0 saturated carbocycles. The molecule has 0 aliphatic heterocycles. The zero-order valence-corrected chi connectivity index (χ0v) is 16.1. The number of nitro groups is 1. The number of aryl methyl sites for hydroxylation is 2. The predicted octanol–water partition coefficient (Wildman–Crippen LogP) is 3.11. The molecule has 0 aromatic heterocycles. The van der Waals surface area contributed by atoms with Crippen LogP contribution in [-0.2, 0) is 19.1 Å². The highest BCUT2D eigenvalue weighted by Crippen LogP contribution is 2.22. The molecule has 0 unspecified atom stereocenters. The molecule has 9 nitrogen and oxygen atoms in total. The van der Waals surface area contributed by atoms with Gasteiger partial charge in [-0.3, -0.25) is 24.5 Å². The summed E-state index contributed by atoms with van der Waals surface area (Å²) in [6.07, 6.45) is -0.264. The average Bonchev–Trinajstić information content (AvgIpc) is 2.68. The molecule has 152 valence electrons. The van der Waals surface area contributed by atoms with E-state index in [1.165, 1.54) is 18.2 Å². The van der Waals surface area contributed by atoms with Gasteiger partial charge in [0.1, 0.15) is 0 Å². The molecule has 0 fully saturated rings. The van der Waals surface area contributed by atoms with Crippen LogP contribution in [0.5, 0.6) is 0 Å². The molecular weight excluding hydrogens is 378 g/mol. The van der Waals surface area contributed by atoms with Gasteiger partial charge in [0.25, 0.3) is 11.6 Å². The molecule has 0 radical (unpaired) electrons. The number of carbonyl (C=O) groups excluding carboxylic acids is 3. The van der Waals surface area contributed by atoms with Crippen molar-refractivity contribution in [1.29, 1.82) is 0 Å². The minimum Gasteiger partial charge on any atom is -0.456 e. The van der Waals surface area contributed by atoms with E-state index in [0.717, 1.165) is 5.56 Å². The molecule has 9 heteroatoms. The van der Waals surface area contributed by atoms with Crippen molar-refractivity contribution in [2.75, 3.05) is 17.2 Å². The summed E-state index contributed by atoms with van der Waals surface area (Å²) in [5.41, 5.74) is 2.24. The molecule has 0 spiro atoms. The Morgan fingerprint density at radius 2 is 1.55 bits per heavy atom. The summed E-state index contributed by atoms with van der Waals surface area (Å²) in [5, 5.41) is 16.0. The first kappa shape index (κ1) is 21.5. The number of hydrogen-bond acceptors (Lipinski definition) is 6. The molecule has 2 amide bonds. The Balaban J connectivity index is 1.73. The maximum atomic E-state index is 11.9. The summed E-state index contributed by atoms with van der Waals surface area (Å²) in [7, 11) is 0. The van der Waals surface area contributed by atoms with Gasteiger partial charge in [-0.15, -0.1) is 0 Å². The summed E-state index contributed by atoms with van der Waals surface area (Å²) in [6.45, 7) is 2.96. The third-order valence-electron chi connectivity index (χ3n) is 3.95. The van der Waals surface area contributed by atoms with E-state index in [2.05, 4.69) is 10.6 Å². The molecule has 2 aromatic carbocycles. The van der Waals surface area contributed by atoms with Crippen molar-refractivity contribution in [3.63, 3.8) is 0 Å². The van der Waals surface area contributed by atoms with Gasteiger partial charge in [0.2, 0.25) is 5.91 Å². The van der Waals surface area contributed by atoms with Crippen molar-refractivity contribution < 1.29 is 24.0 Å². The largest absolute Gasteiger partial charge is 0.456 e. The van der Waals surface area contributed by atoms with Crippen molar-refractivity contribution >= 4 is 34.8 Å². The number of nitro benzene ring substituents is 1. The lowest BCUT2D eigenvalue weighted by molar-refractivity contribution is -0.385. The van der Waals surface area contributed by atoms with Crippen LogP contribution >= 0.6 is 0 Å². The van der Waals surface area contributed by atoms with Crippen LogP contribution in [0, 0.1) is 24.0 Å². The fourth-order valence-electron chi connectivity index (χ4n) is 2.38. The topological polar surface area (TPSA) is 128 Å². The third kappa shape index (κ3) is 7.06. The maximum Gasteiger partial charge on any atom is 0.306 e. The highest BCUT2D eigenvalue weighted by Gasteiger charge is 2.14. The Morgan fingerprint density at radius 1 is 0.931 bits per heavy atom. The fourth-order valence-corrected chi connectivity index (χ4v) is 2.38. The van der Waals surface area contributed by atoms with Crippen LogP contribution in [0.25, 0.3) is 0 Å². The van der Waals surface area contributed by atoms with E-state index in [1.807, 2.05) is 19.1 Å². The van der Waals surface area contributed by atoms with Crippen LogP contribution in [0.4, 0.5) is 17.1 Å². The van der Waals surface area contributed by atoms with Gasteiger partial charge in [0, 0.05) is 29.4 Å². The zero-order valence-electron chi connectivity index (χ0n) is 16.1. The first-order valence-corrected chi connectivity index (χ1v) is 8.81. The van der Waals surface area contributed by atoms with E-state index in [9.17, 15) is 24.5 Å². The van der Waals surface area contributed by atoms with Gasteiger partial charge >= 0.3 is 5.97 Å². The second-order valence-corrected chi connectivity index (χ2v) is 6.38. The van der Waals surface area contributed by atoms with Crippen LogP contribution < -0.4 is 10.6 Å². The number of esters is 1. The van der Waals surface area contributed by atoms with Crippen LogP contribution in [0.15, 0.2) is 42.5 Å². The Hall–Kier alpha value is -3.75. The quantitative estimate of drug-likeness (QED) is 0.399. The normalized spacial score (nSPS) is 10.1. The van der Waals surface area contributed by atoms with Crippen molar-refractivity contribution in [3.05, 3.63) is 63.7 Å². The second kappa shape index (κ2) is 9.98. The van der Waals surface area contributed by atoms with E-state index >= 15 is 0 Å². The van der Waals surface area contributed by atoms with Gasteiger partial charge in [-0.25, -0.2) is 0 Å². The Bertz CT molecular complexity index is 924. The summed E-state index contributed by atoms with van der Waals surface area (Å²) in [4.78, 5) is 45.8. The lowest BCUT2D eigenvalue weighted by Gasteiger charge is -2.08. The predicted molar refractivity (Wildman–Crippen MR) is 106 cm³/mol. The van der Waals surface area contributed by atoms with Crippen molar-refractivity contribution in [2.24, 2.45) is 0 Å². The Morgan fingerprint density at radius 3 is 2.21 bits per heavy atom. The van der Waals surface area contributed by atoms with Crippen LogP contribution in [0.1, 0.15) is 24.0 Å². The Labute approximate surface area is 167 Å². The molecule has 2 N–H and O–H groups in total. The van der Waals surface area contributed by atoms with Gasteiger partial charge < -0.3 is 15.4 Å². The third-order valence-corrected chi connectivity index (χ3v) is 3.95. The number of hydrogen-bond donors (Lipinski definition) is 2. The second-order valence-electron chi connectivity index (χ2n) is 6.38. The van der Waals surface area contributed by atoms with Gasteiger partial charge in [0.15, 0.2) is 6.61 Å². The molecule has 29 heavy (non-hydrogen) atoms. The van der Waals surface area contributed by atoms with Gasteiger partial charge in [0.05, 0.1) is 11.3 Å². The van der Waals surface area contributed by atoms with E-state index < -0.39 is 23.4 Å². The van der Waals surface area contributed by atoms with E-state index in [4.69, 9.17) is 4.74 Å². The lowest BCUT2D eigenvalue weighted by Crippen LogP contribution is -2.21. The van der Waals surface area contributed by atoms with Crippen molar-refractivity contribution in [2.45, 2.75) is 26.7 Å². The number of anilines is 2. The molecule has 0 bridgehead atoms. The van der Waals surface area contributed by atoms with Crippen LogP contribution in [0.3, 0.4) is 0 Å². The van der Waals surface area contributed by atoms with E-state index in [-0.39, 0.29) is 30.1 Å². The molecule has 0 atom stereocenters. The average molecular weight is 399 g/mol. The van der Waals surface area contributed by atoms with Crippen LogP contribution in [0.2, 0.25) is 0 Å². The highest BCUT2D eigenvalue weighted by molar-refractivity contribution is 5.94. The zero-order chi connectivity index (χ0) is 21.4. The number of rotatable bonds is 8. The smallest absolute Gasteiger partial charge is 0.306 e. The summed E-state index contributed by atoms with van der Waals surface area (Å²) < 4.78 is 4.83. The summed E-state index contributed by atoms with van der Waals surface area (Å²) >= 11 is 0. The first-order valence-electron chi connectivity index (χ1n) is 8.81. The fraction of sp³-hybridized carbons (Fsp3) is 0.250. The molecule has 0 aliphatic carbocycles. The molecule has 2 rings (SSSR count).